The minimum absolute atomic E-state index is 0.781. The Bertz CT molecular complexity index is 904. The summed E-state index contributed by atoms with van der Waals surface area (Å²) in [7, 11) is 0. The molecule has 0 heterocycles. The van der Waals surface area contributed by atoms with Crippen molar-refractivity contribution in [3.63, 3.8) is 0 Å². The molecule has 0 nitrogen and oxygen atoms in total. The molecule has 0 amide bonds. The fraction of sp³-hybridized carbons (Fsp3) is 1.00. The van der Waals surface area contributed by atoms with Gasteiger partial charge in [0.25, 0.3) is 0 Å². The van der Waals surface area contributed by atoms with E-state index in [-0.39, 0.29) is 0 Å². The molecule has 0 bridgehead atoms. The van der Waals surface area contributed by atoms with Crippen LogP contribution in [-0.4, -0.2) is 5.25 Å². The van der Waals surface area contributed by atoms with E-state index in [9.17, 15) is 0 Å². The van der Waals surface area contributed by atoms with Gasteiger partial charge in [-0.3, -0.25) is 0 Å². The molecule has 28 atom stereocenters. The third-order valence-corrected chi connectivity index (χ3v) is 19.5. The Morgan fingerprint density at radius 3 is 0.719 bits per heavy atom. The molecule has 168 valence electrons. The van der Waals surface area contributed by atoms with E-state index in [0.717, 1.165) is 34.8 Å². The van der Waals surface area contributed by atoms with Gasteiger partial charge in [0.05, 0.1) is 0 Å². The van der Waals surface area contributed by atoms with E-state index in [4.69, 9.17) is 12.6 Å². The van der Waals surface area contributed by atoms with Crippen LogP contribution in [0.2, 0.25) is 0 Å². The monoisotopic (exact) mass is 442 g/mol. The van der Waals surface area contributed by atoms with E-state index in [1.165, 1.54) is 130 Å². The Morgan fingerprint density at radius 1 is 0.250 bits per heavy atom. The molecular weight excluding hydrogens is 404 g/mol. The van der Waals surface area contributed by atoms with E-state index in [0.29, 0.717) is 0 Å². The molecule has 0 aromatic heterocycles. The number of fused-ring (bicyclic) bond motifs is 34. The van der Waals surface area contributed by atoms with Crippen molar-refractivity contribution < 1.29 is 0 Å². The zero-order valence-electron chi connectivity index (χ0n) is 19.6. The van der Waals surface area contributed by atoms with Crippen molar-refractivity contribution in [2.75, 3.05) is 0 Å². The number of hydrogen-bond acceptors (Lipinski definition) is 1. The summed E-state index contributed by atoms with van der Waals surface area (Å²) in [6.07, 6.45) is 0. The predicted octanol–water partition coefficient (Wildman–Crippen LogP) is 5.16. The predicted molar refractivity (Wildman–Crippen MR) is 124 cm³/mol. The molecule has 0 aromatic carbocycles. The summed E-state index contributed by atoms with van der Waals surface area (Å²) in [5, 5.41) is 0.781. The molecular formula is C31H38S. The lowest BCUT2D eigenvalue weighted by Crippen LogP contribution is -2.96. The second-order valence-corrected chi connectivity index (χ2v) is 17.5. The summed E-state index contributed by atoms with van der Waals surface area (Å²) in [4.78, 5) is 0. The summed E-state index contributed by atoms with van der Waals surface area (Å²) < 4.78 is 0. The van der Waals surface area contributed by atoms with Gasteiger partial charge in [0.15, 0.2) is 0 Å². The lowest BCUT2D eigenvalue weighted by molar-refractivity contribution is -0.525. The van der Waals surface area contributed by atoms with E-state index in [1.807, 2.05) is 0 Å². The van der Waals surface area contributed by atoms with E-state index >= 15 is 0 Å². The molecule has 28 unspecified atom stereocenters. The molecule has 13 rings (SSSR count). The van der Waals surface area contributed by atoms with Crippen molar-refractivity contribution in [1.29, 1.82) is 0 Å². The maximum absolute atomic E-state index is 5.04. The minimum atomic E-state index is 0.781. The first-order valence-electron chi connectivity index (χ1n) is 15.3. The Hall–Kier alpha value is 0.350. The second-order valence-electron chi connectivity index (χ2n) is 16.9. The first kappa shape index (κ1) is 16.2. The lowest BCUT2D eigenvalue weighted by Gasteiger charge is -2.99. The van der Waals surface area contributed by atoms with Crippen LogP contribution in [0.25, 0.3) is 0 Å². The van der Waals surface area contributed by atoms with Crippen molar-refractivity contribution in [1.82, 2.24) is 0 Å². The van der Waals surface area contributed by atoms with Gasteiger partial charge in [-0.2, -0.15) is 12.6 Å². The SMILES string of the molecule is CC1C(C)C2C1C1C2C2C1C1C2C2C1C1C2C2C3C4C5C6C7C(S)C(C)C7C6C5C4C3C12. The molecule has 0 N–H and O–H groups in total. The molecule has 13 aliphatic rings. The zero-order valence-corrected chi connectivity index (χ0v) is 20.5. The summed E-state index contributed by atoms with van der Waals surface area (Å²) in [6.45, 7) is 7.74. The van der Waals surface area contributed by atoms with Gasteiger partial charge in [0, 0.05) is 5.25 Å². The van der Waals surface area contributed by atoms with Crippen LogP contribution in [0.15, 0.2) is 0 Å². The quantitative estimate of drug-likeness (QED) is 0.389. The van der Waals surface area contributed by atoms with Gasteiger partial charge >= 0.3 is 0 Å². The van der Waals surface area contributed by atoms with Crippen LogP contribution in [0.1, 0.15) is 20.8 Å². The molecule has 0 aliphatic heterocycles. The van der Waals surface area contributed by atoms with Crippen LogP contribution in [0, 0.1) is 160 Å². The number of thiol groups is 1. The summed E-state index contributed by atoms with van der Waals surface area (Å²) >= 11 is 5.04. The van der Waals surface area contributed by atoms with Gasteiger partial charge in [0.2, 0.25) is 0 Å². The smallest absolute Gasteiger partial charge is 0.00792 e. The summed E-state index contributed by atoms with van der Waals surface area (Å²) in [6, 6.07) is 0. The summed E-state index contributed by atoms with van der Waals surface area (Å²) in [5.41, 5.74) is 0. The van der Waals surface area contributed by atoms with Crippen LogP contribution in [0.5, 0.6) is 0 Å². The standard InChI is InChI=1S/C31H38S/c1-4-5(2)8-7(4)10-11(8)14-13(10)16-17(14)20-19(16)22-23(20)25-24(22)21-18-15-12-9-6(3)31(32)30(9)29(12)28(15)27(18)26(21)25/h4-32H,1-3H3. The molecule has 13 fully saturated rings. The lowest BCUT2D eigenvalue weighted by atomic mass is 9.05. The van der Waals surface area contributed by atoms with Gasteiger partial charge in [0.1, 0.15) is 0 Å². The number of rotatable bonds is 0. The topological polar surface area (TPSA) is 0 Å². The molecule has 0 aromatic rings. The fourth-order valence-corrected chi connectivity index (χ4v) is 19.0. The fourth-order valence-electron chi connectivity index (χ4n) is 18.4. The zero-order chi connectivity index (χ0) is 20.2. The normalized spacial score (nSPS) is 94.9. The highest BCUT2D eigenvalue weighted by Crippen LogP contribution is 2.98. The third-order valence-electron chi connectivity index (χ3n) is 18.7. The van der Waals surface area contributed by atoms with Crippen LogP contribution in [0.4, 0.5) is 0 Å². The van der Waals surface area contributed by atoms with Crippen molar-refractivity contribution >= 4 is 12.6 Å². The Morgan fingerprint density at radius 2 is 0.438 bits per heavy atom. The van der Waals surface area contributed by atoms with Gasteiger partial charge in [-0.05, 0) is 160 Å². The van der Waals surface area contributed by atoms with Gasteiger partial charge in [-0.1, -0.05) is 20.8 Å². The maximum atomic E-state index is 5.04. The Labute approximate surface area is 198 Å². The molecule has 13 saturated carbocycles. The molecule has 0 spiro atoms. The summed E-state index contributed by atoms with van der Waals surface area (Å²) in [5.74, 6) is 33.0. The van der Waals surface area contributed by atoms with E-state index in [2.05, 4.69) is 20.8 Å². The molecule has 0 saturated heterocycles. The third kappa shape index (κ3) is 1.02. The Kier molecular flexibility index (Phi) is 2.05. The second kappa shape index (κ2) is 4.06. The molecule has 1 heteroatoms. The van der Waals surface area contributed by atoms with Crippen LogP contribution < -0.4 is 0 Å². The van der Waals surface area contributed by atoms with Crippen LogP contribution >= 0.6 is 12.6 Å². The van der Waals surface area contributed by atoms with Crippen LogP contribution in [-0.2, 0) is 0 Å². The molecule has 32 heavy (non-hydrogen) atoms. The maximum Gasteiger partial charge on any atom is 0.00792 e. The van der Waals surface area contributed by atoms with Crippen molar-refractivity contribution in [2.24, 2.45) is 160 Å². The highest BCUT2D eigenvalue weighted by Gasteiger charge is 2.95. The van der Waals surface area contributed by atoms with Crippen molar-refractivity contribution in [3.8, 4) is 0 Å². The molecule has 0 radical (unpaired) electrons. The largest absolute Gasteiger partial charge is 0.175 e. The van der Waals surface area contributed by atoms with E-state index in [1.54, 1.807) is 0 Å². The van der Waals surface area contributed by atoms with Crippen molar-refractivity contribution in [3.05, 3.63) is 0 Å². The average molecular weight is 443 g/mol. The van der Waals surface area contributed by atoms with Gasteiger partial charge in [-0.25, -0.2) is 0 Å². The van der Waals surface area contributed by atoms with E-state index < -0.39 is 0 Å². The highest BCUT2D eigenvalue weighted by atomic mass is 32.1. The minimum Gasteiger partial charge on any atom is -0.175 e. The first-order valence-corrected chi connectivity index (χ1v) is 15.8. The highest BCUT2D eigenvalue weighted by molar-refractivity contribution is 7.81. The Balaban J connectivity index is 0.793. The van der Waals surface area contributed by atoms with Gasteiger partial charge in [-0.15, -0.1) is 0 Å². The number of hydrogen-bond donors (Lipinski definition) is 1. The first-order chi connectivity index (χ1) is 15.6. The van der Waals surface area contributed by atoms with Crippen molar-refractivity contribution in [2.45, 2.75) is 26.0 Å². The molecule has 13 aliphatic carbocycles. The van der Waals surface area contributed by atoms with Gasteiger partial charge < -0.3 is 0 Å². The average Bonchev–Trinajstić information content (AvgIpc) is 2.73. The van der Waals surface area contributed by atoms with Crippen LogP contribution in [0.3, 0.4) is 0 Å².